The fourth-order valence-corrected chi connectivity index (χ4v) is 6.58. The van der Waals surface area contributed by atoms with Crippen LogP contribution in [-0.4, -0.2) is 45.7 Å². The van der Waals surface area contributed by atoms with Gasteiger partial charge in [0.2, 0.25) is 5.91 Å². The van der Waals surface area contributed by atoms with Gasteiger partial charge in [-0.2, -0.15) is 21.6 Å². The second-order valence-electron chi connectivity index (χ2n) is 11.7. The van der Waals surface area contributed by atoms with Crippen LogP contribution < -0.4 is 9.08 Å². The number of esters is 1. The van der Waals surface area contributed by atoms with Crippen LogP contribution in [0.15, 0.2) is 72.8 Å². The van der Waals surface area contributed by atoms with E-state index in [4.69, 9.17) is 4.74 Å². The molecule has 260 valence electrons. The molecular formula is C33H35F4NO8S2. The molecule has 0 bridgehead atoms. The van der Waals surface area contributed by atoms with Gasteiger partial charge in [0.1, 0.15) is 27.5 Å². The summed E-state index contributed by atoms with van der Waals surface area (Å²) in [6, 6.07) is 16.8. The van der Waals surface area contributed by atoms with Gasteiger partial charge in [0, 0.05) is 18.9 Å². The quantitative estimate of drug-likeness (QED) is 0.0602. The SMILES string of the molecule is CC(=O)O[C@H](CCC1C(=O)N(c2ccc(CCCC(C)S(C)(=O)=O)cc2)[C@@H]1c1ccc(OS(=O)(=O)C(F)(F)F)cc1)c1ccc(F)cc1. The van der Waals surface area contributed by atoms with Gasteiger partial charge in [0.25, 0.3) is 0 Å². The number of ether oxygens (including phenoxy) is 1. The molecule has 1 aliphatic heterocycles. The Balaban J connectivity index is 1.57. The third-order valence-electron chi connectivity index (χ3n) is 8.24. The number of rotatable bonds is 14. The maximum absolute atomic E-state index is 13.6. The predicted molar refractivity (Wildman–Crippen MR) is 170 cm³/mol. The molecular weight excluding hydrogens is 678 g/mol. The number of carbonyl (C=O) groups is 2. The van der Waals surface area contributed by atoms with Crippen LogP contribution >= 0.6 is 0 Å². The highest BCUT2D eigenvalue weighted by Crippen LogP contribution is 2.47. The Bertz CT molecular complexity index is 1810. The van der Waals surface area contributed by atoms with Crippen molar-refractivity contribution in [1.29, 1.82) is 0 Å². The number of anilines is 1. The highest BCUT2D eigenvalue weighted by Gasteiger charge is 2.50. The molecule has 0 spiro atoms. The van der Waals surface area contributed by atoms with Gasteiger partial charge in [-0.25, -0.2) is 12.8 Å². The number of aryl methyl sites for hydroxylation is 1. The number of amides is 1. The zero-order valence-corrected chi connectivity index (χ0v) is 27.9. The molecule has 9 nitrogen and oxygen atoms in total. The summed E-state index contributed by atoms with van der Waals surface area (Å²) in [5.41, 5.74) is -3.14. The summed E-state index contributed by atoms with van der Waals surface area (Å²) in [5.74, 6) is -2.54. The van der Waals surface area contributed by atoms with Gasteiger partial charge in [-0.3, -0.25) is 9.59 Å². The molecule has 0 radical (unpaired) electrons. The first-order chi connectivity index (χ1) is 22.4. The molecule has 1 fully saturated rings. The number of sulfone groups is 1. The first-order valence-electron chi connectivity index (χ1n) is 15.0. The van der Waals surface area contributed by atoms with Crippen molar-refractivity contribution in [2.45, 2.75) is 68.9 Å². The van der Waals surface area contributed by atoms with Crippen LogP contribution in [0.25, 0.3) is 0 Å². The number of benzene rings is 3. The van der Waals surface area contributed by atoms with Crippen molar-refractivity contribution in [2.24, 2.45) is 5.92 Å². The van der Waals surface area contributed by atoms with Gasteiger partial charge in [-0.15, -0.1) is 0 Å². The standard InChI is InChI=1S/C33H35F4NO8S2/c1-21(47(3,41)42)5-4-6-23-7-15-27(16-8-23)38-31(25-11-17-28(18-12-25)46-48(43,44)33(35,36)37)29(32(38)40)19-20-30(45-22(2)39)24-9-13-26(34)14-10-24/h7-18,21,29-31H,4-6,19-20H2,1-3H3/t21?,29?,30-,31-/m1/s1. The van der Waals surface area contributed by atoms with Crippen LogP contribution in [0, 0.1) is 11.7 Å². The van der Waals surface area contributed by atoms with Crippen molar-refractivity contribution in [3.63, 3.8) is 0 Å². The fourth-order valence-electron chi connectivity index (χ4n) is 5.53. The van der Waals surface area contributed by atoms with Crippen LogP contribution in [-0.2, 0) is 40.7 Å². The Morgan fingerprint density at radius 2 is 1.52 bits per heavy atom. The number of halogens is 4. The second kappa shape index (κ2) is 14.6. The minimum absolute atomic E-state index is 0.196. The van der Waals surface area contributed by atoms with E-state index in [0.717, 1.165) is 17.7 Å². The zero-order valence-electron chi connectivity index (χ0n) is 26.3. The van der Waals surface area contributed by atoms with Crippen molar-refractivity contribution in [3.8, 4) is 5.75 Å². The van der Waals surface area contributed by atoms with Gasteiger partial charge in [-0.1, -0.05) is 36.4 Å². The number of hydrogen-bond donors (Lipinski definition) is 0. The van der Waals surface area contributed by atoms with E-state index >= 15 is 0 Å². The van der Waals surface area contributed by atoms with Crippen molar-refractivity contribution in [1.82, 2.24) is 0 Å². The van der Waals surface area contributed by atoms with Crippen LogP contribution in [0.5, 0.6) is 5.75 Å². The number of alkyl halides is 3. The molecule has 1 heterocycles. The van der Waals surface area contributed by atoms with Crippen LogP contribution in [0.1, 0.15) is 68.4 Å². The third-order valence-corrected chi connectivity index (χ3v) is 10.9. The Labute approximate surface area is 276 Å². The van der Waals surface area contributed by atoms with Gasteiger partial charge < -0.3 is 13.8 Å². The highest BCUT2D eigenvalue weighted by molar-refractivity contribution is 7.91. The summed E-state index contributed by atoms with van der Waals surface area (Å²) in [5, 5.41) is -0.470. The maximum Gasteiger partial charge on any atom is 0.534 e. The molecule has 2 unspecified atom stereocenters. The van der Waals surface area contributed by atoms with Crippen LogP contribution in [0.2, 0.25) is 0 Å². The number of nitrogens with zero attached hydrogens (tertiary/aromatic N) is 1. The Morgan fingerprint density at radius 3 is 2.06 bits per heavy atom. The van der Waals surface area contributed by atoms with Crippen LogP contribution in [0.4, 0.5) is 23.2 Å². The fraction of sp³-hybridized carbons (Fsp3) is 0.394. The Kier molecular flexibility index (Phi) is 11.2. The van der Waals surface area contributed by atoms with E-state index in [-0.39, 0.29) is 18.7 Å². The third kappa shape index (κ3) is 8.92. The van der Waals surface area contributed by atoms with E-state index in [1.165, 1.54) is 54.5 Å². The molecule has 4 rings (SSSR count). The molecule has 3 aromatic rings. The lowest BCUT2D eigenvalue weighted by atomic mass is 9.78. The van der Waals surface area contributed by atoms with Crippen molar-refractivity contribution in [3.05, 3.63) is 95.3 Å². The largest absolute Gasteiger partial charge is 0.534 e. The average molecular weight is 714 g/mol. The molecule has 0 saturated carbocycles. The smallest absolute Gasteiger partial charge is 0.458 e. The number of β-lactam (4-membered cyclic amide) rings is 1. The molecule has 1 aliphatic rings. The molecule has 15 heteroatoms. The Hall–Kier alpha value is -3.98. The molecule has 3 aromatic carbocycles. The summed E-state index contributed by atoms with van der Waals surface area (Å²) in [6.07, 6.45) is 2.57. The summed E-state index contributed by atoms with van der Waals surface area (Å²) >= 11 is 0. The monoisotopic (exact) mass is 713 g/mol. The average Bonchev–Trinajstić information content (AvgIpc) is 2.99. The van der Waals surface area contributed by atoms with E-state index < -0.39 is 66.3 Å². The normalized spacial score (nSPS) is 18.1. The van der Waals surface area contributed by atoms with Gasteiger partial charge >= 0.3 is 21.6 Å². The predicted octanol–water partition coefficient (Wildman–Crippen LogP) is 6.60. The molecule has 1 amide bonds. The summed E-state index contributed by atoms with van der Waals surface area (Å²) in [4.78, 5) is 27.0. The first-order valence-corrected chi connectivity index (χ1v) is 18.4. The maximum atomic E-state index is 13.6. The van der Waals surface area contributed by atoms with Gasteiger partial charge in [-0.05, 0) is 92.1 Å². The summed E-state index contributed by atoms with van der Waals surface area (Å²) in [6.45, 7) is 2.89. The number of hydrogen-bond acceptors (Lipinski definition) is 8. The first kappa shape index (κ1) is 36.8. The molecule has 0 aliphatic carbocycles. The molecule has 1 saturated heterocycles. The molecule has 48 heavy (non-hydrogen) atoms. The summed E-state index contributed by atoms with van der Waals surface area (Å²) < 4.78 is 108. The highest BCUT2D eigenvalue weighted by atomic mass is 32.2. The van der Waals surface area contributed by atoms with Crippen molar-refractivity contribution in [2.75, 3.05) is 11.2 Å². The Morgan fingerprint density at radius 1 is 0.917 bits per heavy atom. The lowest BCUT2D eigenvalue weighted by Gasteiger charge is -2.48. The number of carbonyl (C=O) groups excluding carboxylic acids is 2. The lowest BCUT2D eigenvalue weighted by molar-refractivity contribution is -0.147. The molecule has 0 N–H and O–H groups in total. The topological polar surface area (TPSA) is 124 Å². The summed E-state index contributed by atoms with van der Waals surface area (Å²) in [7, 11) is -9.03. The van der Waals surface area contributed by atoms with Crippen LogP contribution in [0.3, 0.4) is 0 Å². The molecule has 0 aromatic heterocycles. The van der Waals surface area contributed by atoms with E-state index in [2.05, 4.69) is 4.18 Å². The minimum atomic E-state index is -5.89. The van der Waals surface area contributed by atoms with Crippen molar-refractivity contribution >= 4 is 37.5 Å². The zero-order chi connectivity index (χ0) is 35.4. The minimum Gasteiger partial charge on any atom is -0.458 e. The second-order valence-corrected chi connectivity index (χ2v) is 15.7. The van der Waals surface area contributed by atoms with Crippen molar-refractivity contribution < 1.29 is 52.9 Å². The molecule has 4 atom stereocenters. The van der Waals surface area contributed by atoms with E-state index in [9.17, 15) is 44.0 Å². The lowest BCUT2D eigenvalue weighted by Crippen LogP contribution is -2.55. The van der Waals surface area contributed by atoms with Gasteiger partial charge in [0.05, 0.1) is 17.2 Å². The van der Waals surface area contributed by atoms with E-state index in [0.29, 0.717) is 36.1 Å². The van der Waals surface area contributed by atoms with E-state index in [1.54, 1.807) is 19.1 Å². The van der Waals surface area contributed by atoms with E-state index in [1.807, 2.05) is 12.1 Å². The van der Waals surface area contributed by atoms with Gasteiger partial charge in [0.15, 0.2) is 0 Å².